The third kappa shape index (κ3) is 2.61. The number of ether oxygens (including phenoxy) is 1. The molecule has 1 saturated heterocycles. The fraction of sp³-hybridized carbons (Fsp3) is 0.571. The lowest BCUT2D eigenvalue weighted by molar-refractivity contribution is -0.0979. The molecule has 1 aromatic rings. The average Bonchev–Trinajstić information content (AvgIpc) is 2.28. The molecule has 17 heavy (non-hydrogen) atoms. The van der Waals surface area contributed by atoms with E-state index in [1.807, 2.05) is 0 Å². The zero-order chi connectivity index (χ0) is 12.3. The molecule has 1 aliphatic heterocycles. The number of hydrogen-bond acceptors (Lipinski definition) is 3. The van der Waals surface area contributed by atoms with Crippen molar-refractivity contribution in [3.05, 3.63) is 29.8 Å². The summed E-state index contributed by atoms with van der Waals surface area (Å²) in [5, 5.41) is 3.53. The van der Waals surface area contributed by atoms with E-state index < -0.39 is 0 Å². The summed E-state index contributed by atoms with van der Waals surface area (Å²) in [4.78, 5) is 0. The Labute approximate surface area is 103 Å². The summed E-state index contributed by atoms with van der Waals surface area (Å²) in [5.74, 6) is 0.533. The highest BCUT2D eigenvalue weighted by atomic mass is 16.5. The molecule has 0 spiro atoms. The topological polar surface area (TPSA) is 47.3 Å². The number of hydrogen-bond donors (Lipinski definition) is 2. The van der Waals surface area contributed by atoms with Gasteiger partial charge in [-0.3, -0.25) is 0 Å². The van der Waals surface area contributed by atoms with E-state index in [0.29, 0.717) is 12.5 Å². The molecule has 2 rings (SSSR count). The van der Waals surface area contributed by atoms with Crippen LogP contribution in [-0.4, -0.2) is 26.3 Å². The molecule has 0 bridgehead atoms. The number of nitrogens with one attached hydrogen (secondary N) is 1. The minimum atomic E-state index is 0.143. The van der Waals surface area contributed by atoms with Crippen LogP contribution in [0.5, 0.6) is 0 Å². The van der Waals surface area contributed by atoms with Gasteiger partial charge in [-0.1, -0.05) is 32.0 Å². The maximum atomic E-state index is 5.81. The SMILES string of the molecule is CC(C)c1ccccc1NCC1(CN)COC1. The fourth-order valence-electron chi connectivity index (χ4n) is 2.13. The van der Waals surface area contributed by atoms with Crippen molar-refractivity contribution in [2.45, 2.75) is 19.8 Å². The van der Waals surface area contributed by atoms with E-state index in [-0.39, 0.29) is 5.41 Å². The average molecular weight is 234 g/mol. The Hall–Kier alpha value is -1.06. The lowest BCUT2D eigenvalue weighted by Crippen LogP contribution is -2.52. The first-order valence-electron chi connectivity index (χ1n) is 6.27. The molecule has 1 heterocycles. The molecule has 0 unspecified atom stereocenters. The van der Waals surface area contributed by atoms with Gasteiger partial charge in [0.15, 0.2) is 0 Å². The Morgan fingerprint density at radius 2 is 2.06 bits per heavy atom. The minimum Gasteiger partial charge on any atom is -0.384 e. The predicted molar refractivity (Wildman–Crippen MR) is 71.3 cm³/mol. The predicted octanol–water partition coefficient (Wildman–Crippen LogP) is 2.20. The molecule has 3 N–H and O–H groups in total. The summed E-state index contributed by atoms with van der Waals surface area (Å²) in [6.45, 7) is 7.56. The highest BCUT2D eigenvalue weighted by molar-refractivity contribution is 5.52. The first-order valence-corrected chi connectivity index (χ1v) is 6.27. The van der Waals surface area contributed by atoms with Gasteiger partial charge >= 0.3 is 0 Å². The van der Waals surface area contributed by atoms with Gasteiger partial charge in [0.1, 0.15) is 0 Å². The van der Waals surface area contributed by atoms with Crippen molar-refractivity contribution in [3.63, 3.8) is 0 Å². The van der Waals surface area contributed by atoms with Crippen LogP contribution in [0.15, 0.2) is 24.3 Å². The van der Waals surface area contributed by atoms with Gasteiger partial charge in [-0.05, 0) is 17.5 Å². The first kappa shape index (κ1) is 12.4. The van der Waals surface area contributed by atoms with Crippen molar-refractivity contribution < 1.29 is 4.74 Å². The summed E-state index contributed by atoms with van der Waals surface area (Å²) < 4.78 is 5.28. The summed E-state index contributed by atoms with van der Waals surface area (Å²) >= 11 is 0. The van der Waals surface area contributed by atoms with E-state index in [4.69, 9.17) is 10.5 Å². The number of benzene rings is 1. The van der Waals surface area contributed by atoms with Crippen molar-refractivity contribution in [2.24, 2.45) is 11.1 Å². The third-order valence-electron chi connectivity index (χ3n) is 3.49. The third-order valence-corrected chi connectivity index (χ3v) is 3.49. The van der Waals surface area contributed by atoms with Gasteiger partial charge < -0.3 is 15.8 Å². The van der Waals surface area contributed by atoms with Crippen LogP contribution >= 0.6 is 0 Å². The molecule has 0 radical (unpaired) electrons. The molecule has 0 aromatic heterocycles. The number of rotatable bonds is 5. The maximum Gasteiger partial charge on any atom is 0.0574 e. The zero-order valence-corrected chi connectivity index (χ0v) is 10.7. The van der Waals surface area contributed by atoms with E-state index >= 15 is 0 Å². The molecule has 1 aromatic carbocycles. The van der Waals surface area contributed by atoms with Gasteiger partial charge in [0.05, 0.1) is 13.2 Å². The molecular weight excluding hydrogens is 212 g/mol. The van der Waals surface area contributed by atoms with Gasteiger partial charge in [0.2, 0.25) is 0 Å². The Kier molecular flexibility index (Phi) is 3.69. The Bertz CT molecular complexity index is 367. The summed E-state index contributed by atoms with van der Waals surface area (Å²) in [6.07, 6.45) is 0. The van der Waals surface area contributed by atoms with Crippen LogP contribution < -0.4 is 11.1 Å². The van der Waals surface area contributed by atoms with Gasteiger partial charge in [-0.2, -0.15) is 0 Å². The van der Waals surface area contributed by atoms with Crippen molar-refractivity contribution in [1.29, 1.82) is 0 Å². The largest absolute Gasteiger partial charge is 0.384 e. The summed E-state index contributed by atoms with van der Waals surface area (Å²) in [6, 6.07) is 8.48. The molecule has 94 valence electrons. The van der Waals surface area contributed by atoms with Gasteiger partial charge in [-0.15, -0.1) is 0 Å². The van der Waals surface area contributed by atoms with E-state index in [9.17, 15) is 0 Å². The first-order chi connectivity index (χ1) is 8.17. The Morgan fingerprint density at radius 1 is 1.35 bits per heavy atom. The smallest absolute Gasteiger partial charge is 0.0574 e. The highest BCUT2D eigenvalue weighted by Gasteiger charge is 2.37. The van der Waals surface area contributed by atoms with Crippen LogP contribution in [0.4, 0.5) is 5.69 Å². The fourth-order valence-corrected chi connectivity index (χ4v) is 2.13. The van der Waals surface area contributed by atoms with E-state index in [0.717, 1.165) is 19.8 Å². The van der Waals surface area contributed by atoms with E-state index in [2.05, 4.69) is 43.4 Å². The lowest BCUT2D eigenvalue weighted by Gasteiger charge is -2.41. The second-order valence-electron chi connectivity index (χ2n) is 5.29. The van der Waals surface area contributed by atoms with Crippen LogP contribution in [0.3, 0.4) is 0 Å². The standard InChI is InChI=1S/C14H22N2O/c1-11(2)12-5-3-4-6-13(12)16-8-14(7-15)9-17-10-14/h3-6,11,16H,7-10,15H2,1-2H3. The molecular formula is C14H22N2O. The monoisotopic (exact) mass is 234 g/mol. The van der Waals surface area contributed by atoms with Crippen LogP contribution in [0.25, 0.3) is 0 Å². The van der Waals surface area contributed by atoms with Crippen LogP contribution in [0.2, 0.25) is 0 Å². The second kappa shape index (κ2) is 5.07. The summed E-state index contributed by atoms with van der Waals surface area (Å²) in [7, 11) is 0. The lowest BCUT2D eigenvalue weighted by atomic mass is 9.86. The van der Waals surface area contributed by atoms with Crippen molar-refractivity contribution in [1.82, 2.24) is 0 Å². The second-order valence-corrected chi connectivity index (χ2v) is 5.29. The molecule has 0 atom stereocenters. The molecule has 0 amide bonds. The zero-order valence-electron chi connectivity index (χ0n) is 10.7. The van der Waals surface area contributed by atoms with Crippen molar-refractivity contribution >= 4 is 5.69 Å². The quantitative estimate of drug-likeness (QED) is 0.821. The Balaban J connectivity index is 2.03. The van der Waals surface area contributed by atoms with Gasteiger partial charge in [0, 0.05) is 24.2 Å². The molecule has 3 heteroatoms. The van der Waals surface area contributed by atoms with Crippen LogP contribution in [0.1, 0.15) is 25.3 Å². The molecule has 1 aliphatic rings. The Morgan fingerprint density at radius 3 is 2.59 bits per heavy atom. The van der Waals surface area contributed by atoms with Crippen LogP contribution in [0, 0.1) is 5.41 Å². The van der Waals surface area contributed by atoms with Crippen molar-refractivity contribution in [2.75, 3.05) is 31.6 Å². The maximum absolute atomic E-state index is 5.81. The number of anilines is 1. The van der Waals surface area contributed by atoms with Crippen molar-refractivity contribution in [3.8, 4) is 0 Å². The molecule has 0 aliphatic carbocycles. The number of nitrogens with two attached hydrogens (primary N) is 1. The molecule has 1 fully saturated rings. The summed E-state index contributed by atoms with van der Waals surface area (Å²) in [5.41, 5.74) is 8.54. The van der Waals surface area contributed by atoms with E-state index in [1.54, 1.807) is 0 Å². The highest BCUT2D eigenvalue weighted by Crippen LogP contribution is 2.29. The van der Waals surface area contributed by atoms with Gasteiger partial charge in [-0.25, -0.2) is 0 Å². The normalized spacial score (nSPS) is 17.9. The van der Waals surface area contributed by atoms with E-state index in [1.165, 1.54) is 11.3 Å². The molecule has 3 nitrogen and oxygen atoms in total. The number of para-hydroxylation sites is 1. The van der Waals surface area contributed by atoms with Gasteiger partial charge in [0.25, 0.3) is 0 Å². The van der Waals surface area contributed by atoms with Crippen LogP contribution in [-0.2, 0) is 4.74 Å². The molecule has 0 saturated carbocycles. The minimum absolute atomic E-state index is 0.143.